The SMILES string of the molecule is Brc1nccs1.C#Cc1ccc(OC)cc1.COc1ccc(C#Cc2nccs2)cc1. The predicted molar refractivity (Wildman–Crippen MR) is 132 cm³/mol. The number of thiazole rings is 2. The molecule has 2 heterocycles. The summed E-state index contributed by atoms with van der Waals surface area (Å²) in [4.78, 5) is 7.94. The molecule has 0 N–H and O–H groups in total. The first kappa shape index (κ1) is 24.2. The Kier molecular flexibility index (Phi) is 10.9. The molecule has 31 heavy (non-hydrogen) atoms. The van der Waals surface area contributed by atoms with E-state index in [0.717, 1.165) is 31.6 Å². The van der Waals surface area contributed by atoms with Gasteiger partial charge in [-0.1, -0.05) is 11.8 Å². The van der Waals surface area contributed by atoms with E-state index >= 15 is 0 Å². The highest BCUT2D eigenvalue weighted by atomic mass is 79.9. The van der Waals surface area contributed by atoms with Crippen LogP contribution in [0.15, 0.2) is 75.6 Å². The van der Waals surface area contributed by atoms with Gasteiger partial charge in [-0.3, -0.25) is 0 Å². The van der Waals surface area contributed by atoms with Gasteiger partial charge >= 0.3 is 0 Å². The first-order valence-corrected chi connectivity index (χ1v) is 11.4. The number of hydrogen-bond donors (Lipinski definition) is 0. The normalized spacial score (nSPS) is 8.84. The van der Waals surface area contributed by atoms with Crippen molar-refractivity contribution >= 4 is 38.6 Å². The van der Waals surface area contributed by atoms with Crippen LogP contribution in [-0.2, 0) is 0 Å². The van der Waals surface area contributed by atoms with E-state index in [4.69, 9.17) is 15.9 Å². The third-order valence-electron chi connectivity index (χ3n) is 3.49. The van der Waals surface area contributed by atoms with E-state index in [0.29, 0.717) is 0 Å². The van der Waals surface area contributed by atoms with Crippen molar-refractivity contribution in [1.29, 1.82) is 0 Å². The fourth-order valence-corrected chi connectivity index (χ4v) is 3.26. The Bertz CT molecular complexity index is 1110. The highest BCUT2D eigenvalue weighted by molar-refractivity contribution is 9.11. The van der Waals surface area contributed by atoms with Crippen molar-refractivity contribution in [3.8, 4) is 35.7 Å². The molecule has 7 heteroatoms. The summed E-state index contributed by atoms with van der Waals surface area (Å²) in [6.07, 6.45) is 8.66. The molecule has 0 aliphatic carbocycles. The number of terminal acetylenes is 1. The van der Waals surface area contributed by atoms with Crippen molar-refractivity contribution in [2.24, 2.45) is 0 Å². The molecule has 0 radical (unpaired) electrons. The zero-order valence-corrected chi connectivity index (χ0v) is 20.1. The minimum absolute atomic E-state index is 0.832. The standard InChI is InChI=1S/C12H9NOS.C9H8O.C3H2BrNS/c1-14-11-5-2-10(3-6-11)4-7-12-13-8-9-15-12;1-3-8-4-6-9(10-2)7-5-8;4-3-5-1-2-6-3/h2-3,5-6,8-9H,1H3;1,4-7H,2H3;1-2H. The Labute approximate surface area is 199 Å². The van der Waals surface area contributed by atoms with Gasteiger partial charge in [0.05, 0.1) is 14.2 Å². The summed E-state index contributed by atoms with van der Waals surface area (Å²) in [7, 11) is 3.28. The second-order valence-electron chi connectivity index (χ2n) is 5.47. The van der Waals surface area contributed by atoms with Gasteiger partial charge in [-0.25, -0.2) is 9.97 Å². The Balaban J connectivity index is 0.000000183. The molecule has 156 valence electrons. The molecule has 4 nitrogen and oxygen atoms in total. The summed E-state index contributed by atoms with van der Waals surface area (Å²) in [5.41, 5.74) is 1.84. The number of ether oxygens (including phenoxy) is 2. The van der Waals surface area contributed by atoms with Crippen molar-refractivity contribution in [2.75, 3.05) is 14.2 Å². The average Bonchev–Trinajstić information content (AvgIpc) is 3.53. The molecular formula is C24H19BrN2O2S2. The van der Waals surface area contributed by atoms with E-state index in [9.17, 15) is 0 Å². The van der Waals surface area contributed by atoms with Crippen molar-refractivity contribution in [1.82, 2.24) is 9.97 Å². The summed E-state index contributed by atoms with van der Waals surface area (Å²) in [5.74, 6) is 10.2. The summed E-state index contributed by atoms with van der Waals surface area (Å²) in [6.45, 7) is 0. The van der Waals surface area contributed by atoms with Crippen LogP contribution in [-0.4, -0.2) is 24.2 Å². The van der Waals surface area contributed by atoms with Gasteiger partial charge in [0.15, 0.2) is 8.92 Å². The van der Waals surface area contributed by atoms with Crippen LogP contribution in [0.4, 0.5) is 0 Å². The molecule has 2 aromatic carbocycles. The largest absolute Gasteiger partial charge is 0.497 e. The molecule has 0 atom stereocenters. The molecule has 4 rings (SSSR count). The maximum Gasteiger partial charge on any atom is 0.167 e. The quantitative estimate of drug-likeness (QED) is 0.304. The molecule has 0 unspecified atom stereocenters. The van der Waals surface area contributed by atoms with Gasteiger partial charge in [0.2, 0.25) is 0 Å². The second-order valence-corrected chi connectivity index (χ2v) is 8.54. The number of rotatable bonds is 2. The molecule has 0 spiro atoms. The summed E-state index contributed by atoms with van der Waals surface area (Å²) in [6, 6.07) is 15.0. The topological polar surface area (TPSA) is 44.2 Å². The Morgan fingerprint density at radius 1 is 0.774 bits per heavy atom. The smallest absolute Gasteiger partial charge is 0.167 e. The molecule has 4 aromatic rings. The van der Waals surface area contributed by atoms with E-state index < -0.39 is 0 Å². The molecule has 0 saturated heterocycles. The van der Waals surface area contributed by atoms with E-state index in [2.05, 4.69) is 43.7 Å². The van der Waals surface area contributed by atoms with Crippen molar-refractivity contribution in [3.05, 3.63) is 91.7 Å². The Morgan fingerprint density at radius 2 is 1.32 bits per heavy atom. The van der Waals surface area contributed by atoms with E-state index in [-0.39, 0.29) is 0 Å². The molecule has 0 saturated carbocycles. The monoisotopic (exact) mass is 510 g/mol. The van der Waals surface area contributed by atoms with Crippen LogP contribution in [0.25, 0.3) is 0 Å². The average molecular weight is 511 g/mol. The van der Waals surface area contributed by atoms with E-state index in [1.807, 2.05) is 59.3 Å². The van der Waals surface area contributed by atoms with Gasteiger partial charge in [0, 0.05) is 34.3 Å². The first-order valence-electron chi connectivity index (χ1n) is 8.86. The lowest BCUT2D eigenvalue weighted by atomic mass is 10.2. The van der Waals surface area contributed by atoms with Gasteiger partial charge in [0.1, 0.15) is 11.5 Å². The van der Waals surface area contributed by atoms with Crippen LogP contribution in [0.3, 0.4) is 0 Å². The zero-order chi connectivity index (χ0) is 22.3. The number of benzene rings is 2. The molecule has 0 bridgehead atoms. The van der Waals surface area contributed by atoms with Gasteiger partial charge in [-0.2, -0.15) is 0 Å². The van der Waals surface area contributed by atoms with Crippen LogP contribution >= 0.6 is 38.6 Å². The number of nitrogens with zero attached hydrogens (tertiary/aromatic N) is 2. The molecule has 0 aliphatic heterocycles. The van der Waals surface area contributed by atoms with E-state index in [1.54, 1.807) is 49.3 Å². The summed E-state index contributed by atoms with van der Waals surface area (Å²) in [5, 5.41) is 4.67. The summed E-state index contributed by atoms with van der Waals surface area (Å²) >= 11 is 6.31. The van der Waals surface area contributed by atoms with Gasteiger partial charge in [-0.05, 0) is 70.4 Å². The molecule has 0 fully saturated rings. The highest BCUT2D eigenvalue weighted by Gasteiger charge is 1.91. The number of halogens is 1. The summed E-state index contributed by atoms with van der Waals surface area (Å²) < 4.78 is 11.0. The number of methoxy groups -OCH3 is 2. The lowest BCUT2D eigenvalue weighted by Crippen LogP contribution is -1.81. The minimum atomic E-state index is 0.832. The lowest BCUT2D eigenvalue weighted by Gasteiger charge is -1.97. The fraction of sp³-hybridized carbons (Fsp3) is 0.0833. The molecule has 0 amide bonds. The third-order valence-corrected chi connectivity index (χ3v) is 5.51. The first-order chi connectivity index (χ1) is 15.1. The van der Waals surface area contributed by atoms with Crippen molar-refractivity contribution in [3.63, 3.8) is 0 Å². The Hall–Kier alpha value is -3.10. The van der Waals surface area contributed by atoms with Crippen LogP contribution in [0.1, 0.15) is 16.1 Å². The van der Waals surface area contributed by atoms with Gasteiger partial charge in [0.25, 0.3) is 0 Å². The van der Waals surface area contributed by atoms with Gasteiger partial charge < -0.3 is 9.47 Å². The minimum Gasteiger partial charge on any atom is -0.497 e. The van der Waals surface area contributed by atoms with E-state index in [1.165, 1.54) is 0 Å². The van der Waals surface area contributed by atoms with Crippen LogP contribution in [0.2, 0.25) is 0 Å². The third kappa shape index (κ3) is 9.50. The molecule has 2 aromatic heterocycles. The van der Waals surface area contributed by atoms with Crippen molar-refractivity contribution in [2.45, 2.75) is 0 Å². The number of aromatic nitrogens is 2. The van der Waals surface area contributed by atoms with Crippen LogP contribution in [0.5, 0.6) is 11.5 Å². The zero-order valence-electron chi connectivity index (χ0n) is 16.9. The molecular weight excluding hydrogens is 492 g/mol. The predicted octanol–water partition coefficient (Wildman–Crippen LogP) is 6.13. The van der Waals surface area contributed by atoms with Crippen molar-refractivity contribution < 1.29 is 9.47 Å². The fourth-order valence-electron chi connectivity index (χ4n) is 1.98. The maximum absolute atomic E-state index is 5.15. The van der Waals surface area contributed by atoms with Gasteiger partial charge in [-0.15, -0.1) is 29.1 Å². The Morgan fingerprint density at radius 3 is 1.71 bits per heavy atom. The maximum atomic E-state index is 5.15. The van der Waals surface area contributed by atoms with Crippen LogP contribution in [0, 0.1) is 24.2 Å². The van der Waals surface area contributed by atoms with Crippen LogP contribution < -0.4 is 9.47 Å². The molecule has 0 aliphatic rings. The number of hydrogen-bond acceptors (Lipinski definition) is 6. The highest BCUT2D eigenvalue weighted by Crippen LogP contribution is 2.11. The lowest BCUT2D eigenvalue weighted by molar-refractivity contribution is 0.414. The second kappa shape index (κ2) is 14.0.